The third-order valence-electron chi connectivity index (χ3n) is 3.16. The lowest BCUT2D eigenvalue weighted by Crippen LogP contribution is -2.35. The monoisotopic (exact) mass is 236 g/mol. The van der Waals surface area contributed by atoms with Crippen molar-refractivity contribution in [2.45, 2.75) is 38.6 Å². The van der Waals surface area contributed by atoms with Gasteiger partial charge in [-0.3, -0.25) is 9.78 Å². The summed E-state index contributed by atoms with van der Waals surface area (Å²) in [4.78, 5) is 15.5. The molecule has 0 aliphatic heterocycles. The van der Waals surface area contributed by atoms with Crippen LogP contribution in [-0.4, -0.2) is 16.9 Å². The van der Waals surface area contributed by atoms with Crippen molar-refractivity contribution in [3.05, 3.63) is 29.8 Å². The highest BCUT2D eigenvalue weighted by Crippen LogP contribution is 2.34. The SMILES string of the molecule is CCC(CC1CC1)NC(=O)c1ccncc1F. The largest absolute Gasteiger partial charge is 0.349 e. The Morgan fingerprint density at radius 1 is 1.65 bits per heavy atom. The van der Waals surface area contributed by atoms with Crippen LogP contribution in [0.5, 0.6) is 0 Å². The van der Waals surface area contributed by atoms with Gasteiger partial charge in [-0.15, -0.1) is 0 Å². The third-order valence-corrected chi connectivity index (χ3v) is 3.16. The van der Waals surface area contributed by atoms with E-state index in [4.69, 9.17) is 0 Å². The van der Waals surface area contributed by atoms with Crippen molar-refractivity contribution in [3.63, 3.8) is 0 Å². The maximum atomic E-state index is 13.3. The summed E-state index contributed by atoms with van der Waals surface area (Å²) in [6.07, 6.45) is 6.91. The van der Waals surface area contributed by atoms with Gasteiger partial charge < -0.3 is 5.32 Å². The molecule has 2 rings (SSSR count). The summed E-state index contributed by atoms with van der Waals surface area (Å²) in [5.41, 5.74) is 0.0780. The van der Waals surface area contributed by atoms with E-state index >= 15 is 0 Å². The number of nitrogens with one attached hydrogen (secondary N) is 1. The number of rotatable bonds is 5. The fourth-order valence-electron chi connectivity index (χ4n) is 1.91. The number of carbonyl (C=O) groups excluding carboxylic acids is 1. The third kappa shape index (κ3) is 3.25. The van der Waals surface area contributed by atoms with Crippen LogP contribution in [0.4, 0.5) is 4.39 Å². The van der Waals surface area contributed by atoms with E-state index in [-0.39, 0.29) is 17.5 Å². The highest BCUT2D eigenvalue weighted by atomic mass is 19.1. The van der Waals surface area contributed by atoms with Gasteiger partial charge in [0.25, 0.3) is 5.91 Å². The van der Waals surface area contributed by atoms with Crippen molar-refractivity contribution in [2.75, 3.05) is 0 Å². The number of amides is 1. The van der Waals surface area contributed by atoms with Crippen molar-refractivity contribution < 1.29 is 9.18 Å². The number of nitrogens with zero attached hydrogens (tertiary/aromatic N) is 1. The van der Waals surface area contributed by atoms with Gasteiger partial charge in [-0.1, -0.05) is 19.8 Å². The molecule has 1 amide bonds. The minimum absolute atomic E-state index is 0.0780. The van der Waals surface area contributed by atoms with Crippen LogP contribution in [0.2, 0.25) is 0 Å². The Hall–Kier alpha value is -1.45. The molecule has 3 nitrogen and oxygen atoms in total. The molecule has 0 aromatic carbocycles. The number of halogens is 1. The quantitative estimate of drug-likeness (QED) is 0.853. The first-order valence-electron chi connectivity index (χ1n) is 6.11. The van der Waals surface area contributed by atoms with Crippen LogP contribution in [-0.2, 0) is 0 Å². The number of hydrogen-bond acceptors (Lipinski definition) is 2. The van der Waals surface area contributed by atoms with Crippen LogP contribution < -0.4 is 5.32 Å². The highest BCUT2D eigenvalue weighted by molar-refractivity contribution is 5.94. The molecular weight excluding hydrogens is 219 g/mol. The Kier molecular flexibility index (Phi) is 3.71. The standard InChI is InChI=1S/C13H17FN2O/c1-2-10(7-9-3-4-9)16-13(17)11-5-6-15-8-12(11)14/h5-6,8-10H,2-4,7H2,1H3,(H,16,17). The molecule has 17 heavy (non-hydrogen) atoms. The van der Waals surface area contributed by atoms with Crippen LogP contribution in [0.3, 0.4) is 0 Å². The maximum absolute atomic E-state index is 13.3. The second-order valence-corrected chi connectivity index (χ2v) is 4.61. The predicted octanol–water partition coefficient (Wildman–Crippen LogP) is 2.53. The van der Waals surface area contributed by atoms with Gasteiger partial charge in [0.15, 0.2) is 5.82 Å². The molecule has 0 radical (unpaired) electrons. The van der Waals surface area contributed by atoms with Crippen molar-refractivity contribution in [1.29, 1.82) is 0 Å². The lowest BCUT2D eigenvalue weighted by atomic mass is 10.1. The molecule has 1 aromatic rings. The van der Waals surface area contributed by atoms with E-state index < -0.39 is 5.82 Å². The molecular formula is C13H17FN2O. The number of pyridine rings is 1. The fraction of sp³-hybridized carbons (Fsp3) is 0.538. The summed E-state index contributed by atoms with van der Waals surface area (Å²) in [6.45, 7) is 2.04. The smallest absolute Gasteiger partial charge is 0.254 e. The van der Waals surface area contributed by atoms with Crippen LogP contribution in [0, 0.1) is 11.7 Å². The number of carbonyl (C=O) groups is 1. The van der Waals surface area contributed by atoms with Gasteiger partial charge in [-0.25, -0.2) is 4.39 Å². The zero-order chi connectivity index (χ0) is 12.3. The molecule has 1 fully saturated rings. The molecule has 1 unspecified atom stereocenters. The van der Waals surface area contributed by atoms with E-state index in [9.17, 15) is 9.18 Å². The van der Waals surface area contributed by atoms with Crippen LogP contribution >= 0.6 is 0 Å². The molecule has 4 heteroatoms. The second-order valence-electron chi connectivity index (χ2n) is 4.61. The van der Waals surface area contributed by atoms with Gasteiger partial charge in [0.05, 0.1) is 11.8 Å². The van der Waals surface area contributed by atoms with Gasteiger partial charge in [0, 0.05) is 12.2 Å². The van der Waals surface area contributed by atoms with Crippen LogP contribution in [0.25, 0.3) is 0 Å². The lowest BCUT2D eigenvalue weighted by molar-refractivity contribution is 0.0928. The maximum Gasteiger partial charge on any atom is 0.254 e. The molecule has 1 aromatic heterocycles. The molecule has 92 valence electrons. The summed E-state index contributed by atoms with van der Waals surface area (Å²) in [5, 5.41) is 2.89. The average Bonchev–Trinajstić information content (AvgIpc) is 3.12. The predicted molar refractivity (Wildman–Crippen MR) is 63.1 cm³/mol. The van der Waals surface area contributed by atoms with Crippen LogP contribution in [0.1, 0.15) is 43.0 Å². The van der Waals surface area contributed by atoms with Gasteiger partial charge >= 0.3 is 0 Å². The van der Waals surface area contributed by atoms with Gasteiger partial charge in [0.2, 0.25) is 0 Å². The second kappa shape index (κ2) is 5.25. The first-order chi connectivity index (χ1) is 8.20. The highest BCUT2D eigenvalue weighted by Gasteiger charge is 2.26. The number of hydrogen-bond donors (Lipinski definition) is 1. The van der Waals surface area contributed by atoms with Crippen molar-refractivity contribution in [3.8, 4) is 0 Å². The Bertz CT molecular complexity index is 404. The lowest BCUT2D eigenvalue weighted by Gasteiger charge is -2.16. The van der Waals surface area contributed by atoms with E-state index in [0.717, 1.165) is 25.0 Å². The average molecular weight is 236 g/mol. The van der Waals surface area contributed by atoms with Crippen LogP contribution in [0.15, 0.2) is 18.5 Å². The summed E-state index contributed by atoms with van der Waals surface area (Å²) >= 11 is 0. The molecule has 1 heterocycles. The van der Waals surface area contributed by atoms with E-state index in [1.807, 2.05) is 6.92 Å². The van der Waals surface area contributed by atoms with E-state index in [2.05, 4.69) is 10.3 Å². The zero-order valence-electron chi connectivity index (χ0n) is 9.95. The number of aromatic nitrogens is 1. The summed E-state index contributed by atoms with van der Waals surface area (Å²) in [7, 11) is 0. The van der Waals surface area contributed by atoms with E-state index in [1.165, 1.54) is 25.1 Å². The topological polar surface area (TPSA) is 42.0 Å². The zero-order valence-corrected chi connectivity index (χ0v) is 9.95. The molecule has 0 bridgehead atoms. The summed E-state index contributed by atoms with van der Waals surface area (Å²) in [6, 6.07) is 1.57. The first-order valence-corrected chi connectivity index (χ1v) is 6.11. The molecule has 1 N–H and O–H groups in total. The normalized spacial score (nSPS) is 16.6. The van der Waals surface area contributed by atoms with Gasteiger partial charge in [-0.05, 0) is 24.8 Å². The molecule has 1 aliphatic carbocycles. The summed E-state index contributed by atoms with van der Waals surface area (Å²) < 4.78 is 13.3. The molecule has 1 saturated carbocycles. The fourth-order valence-corrected chi connectivity index (χ4v) is 1.91. The van der Waals surface area contributed by atoms with E-state index in [1.54, 1.807) is 0 Å². The van der Waals surface area contributed by atoms with Crippen molar-refractivity contribution >= 4 is 5.91 Å². The van der Waals surface area contributed by atoms with Gasteiger partial charge in [0.1, 0.15) is 0 Å². The first kappa shape index (κ1) is 12.0. The Morgan fingerprint density at radius 2 is 2.41 bits per heavy atom. The molecule has 0 spiro atoms. The van der Waals surface area contributed by atoms with E-state index in [0.29, 0.717) is 0 Å². The molecule has 0 saturated heterocycles. The molecule has 1 atom stereocenters. The minimum atomic E-state index is -0.564. The Morgan fingerprint density at radius 3 is 3.00 bits per heavy atom. The summed E-state index contributed by atoms with van der Waals surface area (Å²) in [5.74, 6) is -0.147. The van der Waals surface area contributed by atoms with Gasteiger partial charge in [-0.2, -0.15) is 0 Å². The minimum Gasteiger partial charge on any atom is -0.349 e. The van der Waals surface area contributed by atoms with Crippen molar-refractivity contribution in [2.24, 2.45) is 5.92 Å². The molecule has 1 aliphatic rings. The Balaban J connectivity index is 1.97. The van der Waals surface area contributed by atoms with Crippen molar-refractivity contribution in [1.82, 2.24) is 10.3 Å². The Labute approximate surface area is 100 Å².